The van der Waals surface area contributed by atoms with E-state index < -0.39 is 6.10 Å². The van der Waals surface area contributed by atoms with E-state index in [9.17, 15) is 5.11 Å². The zero-order valence-electron chi connectivity index (χ0n) is 10.6. The highest BCUT2D eigenvalue weighted by Crippen LogP contribution is 2.25. The third-order valence-corrected chi connectivity index (χ3v) is 3.11. The number of anilines is 1. The summed E-state index contributed by atoms with van der Waals surface area (Å²) in [5.74, 6) is 0.482. The molecule has 0 aliphatic rings. The maximum atomic E-state index is 9.74. The molecule has 0 amide bonds. The molecule has 0 heterocycles. The Morgan fingerprint density at radius 2 is 2.11 bits per heavy atom. The van der Waals surface area contributed by atoms with E-state index in [1.807, 2.05) is 12.1 Å². The summed E-state index contributed by atoms with van der Waals surface area (Å²) in [5.41, 5.74) is 0.905. The van der Waals surface area contributed by atoms with E-state index in [1.54, 1.807) is 6.07 Å². The molecule has 1 unspecified atom stereocenters. The molecule has 3 nitrogen and oxygen atoms in total. The van der Waals surface area contributed by atoms with E-state index in [4.69, 9.17) is 16.3 Å². The van der Waals surface area contributed by atoms with Gasteiger partial charge in [-0.2, -0.15) is 0 Å². The number of rotatable bonds is 7. The first-order valence-corrected chi connectivity index (χ1v) is 7.11. The number of benzene rings is 1. The van der Waals surface area contributed by atoms with Crippen LogP contribution in [0.2, 0.25) is 5.02 Å². The van der Waals surface area contributed by atoms with Gasteiger partial charge in [0.05, 0.1) is 12.7 Å². The third kappa shape index (κ3) is 6.05. The van der Waals surface area contributed by atoms with Crippen molar-refractivity contribution in [1.29, 1.82) is 0 Å². The van der Waals surface area contributed by atoms with Gasteiger partial charge < -0.3 is 15.2 Å². The highest BCUT2D eigenvalue weighted by Gasteiger charge is 2.06. The number of halogens is 2. The molecule has 102 valence electrons. The van der Waals surface area contributed by atoms with Gasteiger partial charge in [0.2, 0.25) is 0 Å². The van der Waals surface area contributed by atoms with Crippen molar-refractivity contribution in [3.63, 3.8) is 0 Å². The summed E-state index contributed by atoms with van der Waals surface area (Å²) >= 11 is 9.26. The summed E-state index contributed by atoms with van der Waals surface area (Å²) in [7, 11) is 0. The lowest BCUT2D eigenvalue weighted by Gasteiger charge is -2.15. The van der Waals surface area contributed by atoms with E-state index >= 15 is 0 Å². The second-order valence-corrected chi connectivity index (χ2v) is 5.88. The van der Waals surface area contributed by atoms with Crippen LogP contribution in [-0.2, 0) is 4.74 Å². The van der Waals surface area contributed by atoms with Gasteiger partial charge in [-0.25, -0.2) is 0 Å². The Kier molecular flexibility index (Phi) is 7.00. The number of aliphatic hydroxyl groups excluding tert-OH is 1. The van der Waals surface area contributed by atoms with Crippen molar-refractivity contribution in [1.82, 2.24) is 0 Å². The van der Waals surface area contributed by atoms with E-state index in [2.05, 4.69) is 35.1 Å². The number of nitrogens with one attached hydrogen (secondary N) is 1. The van der Waals surface area contributed by atoms with Crippen LogP contribution < -0.4 is 5.32 Å². The molecule has 0 radical (unpaired) electrons. The first-order chi connectivity index (χ1) is 8.49. The fourth-order valence-electron chi connectivity index (χ4n) is 1.36. The topological polar surface area (TPSA) is 41.5 Å². The van der Waals surface area contributed by atoms with Crippen molar-refractivity contribution in [2.24, 2.45) is 5.92 Å². The quantitative estimate of drug-likeness (QED) is 0.800. The van der Waals surface area contributed by atoms with E-state index in [1.165, 1.54) is 0 Å². The summed E-state index contributed by atoms with van der Waals surface area (Å²) in [6, 6.07) is 5.48. The first-order valence-electron chi connectivity index (χ1n) is 5.93. The van der Waals surface area contributed by atoms with Gasteiger partial charge in [-0.15, -0.1) is 0 Å². The van der Waals surface area contributed by atoms with E-state index in [0.717, 1.165) is 10.2 Å². The fraction of sp³-hybridized carbons (Fsp3) is 0.538. The van der Waals surface area contributed by atoms with E-state index in [-0.39, 0.29) is 0 Å². The Morgan fingerprint density at radius 3 is 2.72 bits per heavy atom. The fourth-order valence-corrected chi connectivity index (χ4v) is 2.18. The number of hydrogen-bond acceptors (Lipinski definition) is 3. The standard InChI is InChI=1S/C13H19BrClNO2/c1-9(2)7-18-8-11(17)6-16-13-4-3-10(15)5-12(13)14/h3-5,9,11,16-17H,6-8H2,1-2H3. The Labute approximate surface area is 122 Å². The van der Waals surface area contributed by atoms with Crippen LogP contribution in [0, 0.1) is 5.92 Å². The molecule has 1 aromatic carbocycles. The zero-order valence-corrected chi connectivity index (χ0v) is 13.0. The molecule has 0 saturated heterocycles. The predicted molar refractivity (Wildman–Crippen MR) is 79.3 cm³/mol. The van der Waals surface area contributed by atoms with Crippen LogP contribution in [0.4, 0.5) is 5.69 Å². The van der Waals surface area contributed by atoms with Crippen molar-refractivity contribution >= 4 is 33.2 Å². The predicted octanol–water partition coefficient (Wildman–Crippen LogP) is 3.55. The van der Waals surface area contributed by atoms with E-state index in [0.29, 0.717) is 30.7 Å². The lowest BCUT2D eigenvalue weighted by Crippen LogP contribution is -2.25. The monoisotopic (exact) mass is 335 g/mol. The molecule has 0 aliphatic heterocycles. The van der Waals surface area contributed by atoms with Gasteiger partial charge in [0, 0.05) is 28.3 Å². The average molecular weight is 337 g/mol. The normalized spacial score (nSPS) is 12.8. The Bertz CT molecular complexity index is 374. The summed E-state index contributed by atoms with van der Waals surface area (Å²) in [5, 5.41) is 13.6. The minimum absolute atomic E-state index is 0.344. The lowest BCUT2D eigenvalue weighted by atomic mass is 10.2. The molecular formula is C13H19BrClNO2. The molecule has 18 heavy (non-hydrogen) atoms. The van der Waals surface area contributed by atoms with Crippen LogP contribution in [0.5, 0.6) is 0 Å². The first kappa shape index (κ1) is 15.8. The van der Waals surface area contributed by atoms with Crippen LogP contribution in [0.25, 0.3) is 0 Å². The van der Waals surface area contributed by atoms with Crippen molar-refractivity contribution in [3.05, 3.63) is 27.7 Å². The Morgan fingerprint density at radius 1 is 1.39 bits per heavy atom. The molecule has 0 saturated carbocycles. The summed E-state index contributed by atoms with van der Waals surface area (Å²) in [4.78, 5) is 0. The highest BCUT2D eigenvalue weighted by molar-refractivity contribution is 9.10. The van der Waals surface area contributed by atoms with Crippen molar-refractivity contribution in [2.45, 2.75) is 20.0 Å². The van der Waals surface area contributed by atoms with Gasteiger partial charge in [-0.1, -0.05) is 25.4 Å². The number of aliphatic hydroxyl groups is 1. The van der Waals surface area contributed by atoms with Crippen molar-refractivity contribution in [2.75, 3.05) is 25.1 Å². The summed E-state index contributed by atoms with van der Waals surface area (Å²) < 4.78 is 6.25. The average Bonchev–Trinajstić information content (AvgIpc) is 2.27. The Hall–Kier alpha value is -0.290. The van der Waals surface area contributed by atoms with Crippen molar-refractivity contribution in [3.8, 4) is 0 Å². The highest BCUT2D eigenvalue weighted by atomic mass is 79.9. The van der Waals surface area contributed by atoms with Gasteiger partial charge in [0.25, 0.3) is 0 Å². The van der Waals surface area contributed by atoms with Crippen LogP contribution in [0.3, 0.4) is 0 Å². The molecular weight excluding hydrogens is 318 g/mol. The molecule has 0 bridgehead atoms. The molecule has 5 heteroatoms. The molecule has 1 atom stereocenters. The molecule has 2 N–H and O–H groups in total. The van der Waals surface area contributed by atoms with Crippen LogP contribution >= 0.6 is 27.5 Å². The SMILES string of the molecule is CC(C)COCC(O)CNc1ccc(Cl)cc1Br. The van der Waals surface area contributed by atoms with Gasteiger partial charge >= 0.3 is 0 Å². The van der Waals surface area contributed by atoms with Crippen LogP contribution in [0.15, 0.2) is 22.7 Å². The molecule has 0 aromatic heterocycles. The minimum Gasteiger partial charge on any atom is -0.389 e. The van der Waals surface area contributed by atoms with Crippen molar-refractivity contribution < 1.29 is 9.84 Å². The van der Waals surface area contributed by atoms with Gasteiger partial charge in [0.1, 0.15) is 0 Å². The number of ether oxygens (including phenoxy) is 1. The molecule has 0 spiro atoms. The third-order valence-electron chi connectivity index (χ3n) is 2.22. The smallest absolute Gasteiger partial charge is 0.0945 e. The Balaban J connectivity index is 2.31. The molecule has 1 rings (SSSR count). The lowest BCUT2D eigenvalue weighted by molar-refractivity contribution is 0.0318. The minimum atomic E-state index is -0.522. The van der Waals surface area contributed by atoms with Gasteiger partial charge in [-0.3, -0.25) is 0 Å². The summed E-state index contributed by atoms with van der Waals surface area (Å²) in [6.45, 7) is 5.61. The summed E-state index contributed by atoms with van der Waals surface area (Å²) in [6.07, 6.45) is -0.522. The second-order valence-electron chi connectivity index (χ2n) is 4.59. The van der Waals surface area contributed by atoms with Gasteiger partial charge in [0.15, 0.2) is 0 Å². The van der Waals surface area contributed by atoms with Crippen LogP contribution in [-0.4, -0.2) is 31.0 Å². The molecule has 0 fully saturated rings. The second kappa shape index (κ2) is 8.00. The maximum absolute atomic E-state index is 9.74. The largest absolute Gasteiger partial charge is 0.389 e. The van der Waals surface area contributed by atoms with Gasteiger partial charge in [-0.05, 0) is 40.0 Å². The molecule has 1 aromatic rings. The maximum Gasteiger partial charge on any atom is 0.0945 e. The van der Waals surface area contributed by atoms with Crippen LogP contribution in [0.1, 0.15) is 13.8 Å². The molecule has 0 aliphatic carbocycles. The zero-order chi connectivity index (χ0) is 13.5. The number of hydrogen-bond donors (Lipinski definition) is 2.